The minimum absolute atomic E-state index is 0.0304. The molecule has 0 radical (unpaired) electrons. The van der Waals surface area contributed by atoms with E-state index in [9.17, 15) is 9.59 Å². The van der Waals surface area contributed by atoms with Crippen LogP contribution in [-0.4, -0.2) is 51.7 Å². The Morgan fingerprint density at radius 3 is 2.60 bits per heavy atom. The number of carbonyl (C=O) groups is 2. The third-order valence-corrected chi connectivity index (χ3v) is 5.67. The van der Waals surface area contributed by atoms with Gasteiger partial charge in [-0.05, 0) is 27.2 Å². The summed E-state index contributed by atoms with van der Waals surface area (Å²) in [6.07, 6.45) is 0.678. The van der Waals surface area contributed by atoms with Gasteiger partial charge in [0.1, 0.15) is 11.5 Å². The minimum Gasteiger partial charge on any atom is -0.361 e. The zero-order valence-corrected chi connectivity index (χ0v) is 17.4. The molecular weight excluding hydrogens is 382 g/mol. The number of hydrogen-bond donors (Lipinski definition) is 2. The molecule has 0 spiro atoms. The first kappa shape index (κ1) is 19.9. The molecule has 0 unspecified atom stereocenters. The molecule has 2 amide bonds. The number of aromatic nitrogens is 3. The number of rotatable bonds is 6. The van der Waals surface area contributed by atoms with Crippen LogP contribution in [0, 0.1) is 26.7 Å². The quantitative estimate of drug-likeness (QED) is 0.653. The van der Waals surface area contributed by atoms with Crippen molar-refractivity contribution in [3.05, 3.63) is 58.6 Å². The topological polar surface area (TPSA) is 104 Å². The van der Waals surface area contributed by atoms with E-state index < -0.39 is 0 Å². The summed E-state index contributed by atoms with van der Waals surface area (Å²) in [5.41, 5.74) is 4.92. The molecule has 0 bridgehead atoms. The molecule has 0 saturated carbocycles. The zero-order valence-electron chi connectivity index (χ0n) is 17.4. The number of carbonyl (C=O) groups excluding carboxylic acids is 2. The number of aryl methyl sites for hydroxylation is 2. The minimum atomic E-state index is -0.185. The van der Waals surface area contributed by atoms with E-state index in [2.05, 4.69) is 20.7 Å². The zero-order chi connectivity index (χ0) is 21.3. The first-order chi connectivity index (χ1) is 14.5. The van der Waals surface area contributed by atoms with Crippen molar-refractivity contribution in [3.63, 3.8) is 0 Å². The van der Waals surface area contributed by atoms with E-state index in [4.69, 9.17) is 4.52 Å². The summed E-state index contributed by atoms with van der Waals surface area (Å²) < 4.78 is 5.14. The maximum absolute atomic E-state index is 12.8. The van der Waals surface area contributed by atoms with Crippen LogP contribution in [0.3, 0.4) is 0 Å². The predicted octanol–water partition coefficient (Wildman–Crippen LogP) is 2.42. The van der Waals surface area contributed by atoms with Crippen molar-refractivity contribution in [2.75, 3.05) is 19.6 Å². The van der Waals surface area contributed by atoms with Crippen molar-refractivity contribution in [2.45, 2.75) is 27.2 Å². The Bertz CT molecular complexity index is 1040. The van der Waals surface area contributed by atoms with Gasteiger partial charge in [-0.15, -0.1) is 0 Å². The molecule has 156 valence electrons. The van der Waals surface area contributed by atoms with Crippen LogP contribution in [0.25, 0.3) is 11.3 Å². The molecule has 1 fully saturated rings. The highest BCUT2D eigenvalue weighted by Gasteiger charge is 2.37. The van der Waals surface area contributed by atoms with Gasteiger partial charge < -0.3 is 14.7 Å². The Hall–Kier alpha value is -3.42. The van der Waals surface area contributed by atoms with Gasteiger partial charge in [-0.3, -0.25) is 14.7 Å². The molecule has 3 aromatic rings. The lowest BCUT2D eigenvalue weighted by molar-refractivity contribution is -0.128. The van der Waals surface area contributed by atoms with Crippen LogP contribution in [-0.2, 0) is 11.2 Å². The molecular formula is C22H25N5O3. The van der Waals surface area contributed by atoms with Crippen LogP contribution in [0.4, 0.5) is 0 Å². The lowest BCUT2D eigenvalue weighted by Crippen LogP contribution is -2.56. The summed E-state index contributed by atoms with van der Waals surface area (Å²) >= 11 is 0. The molecule has 2 aromatic heterocycles. The highest BCUT2D eigenvalue weighted by Crippen LogP contribution is 2.26. The maximum Gasteiger partial charge on any atom is 0.272 e. The van der Waals surface area contributed by atoms with Crippen LogP contribution in [0.1, 0.15) is 33.1 Å². The van der Waals surface area contributed by atoms with E-state index in [0.717, 1.165) is 33.8 Å². The van der Waals surface area contributed by atoms with Gasteiger partial charge >= 0.3 is 0 Å². The van der Waals surface area contributed by atoms with E-state index >= 15 is 0 Å². The number of nitrogens with one attached hydrogen (secondary N) is 2. The van der Waals surface area contributed by atoms with Crippen molar-refractivity contribution in [1.29, 1.82) is 0 Å². The number of benzene rings is 1. The second kappa shape index (κ2) is 8.14. The van der Waals surface area contributed by atoms with Crippen LogP contribution in [0.2, 0.25) is 0 Å². The number of nitrogens with zero attached hydrogens (tertiary/aromatic N) is 3. The molecule has 8 heteroatoms. The number of aromatic amines is 1. The highest BCUT2D eigenvalue weighted by atomic mass is 16.5. The molecule has 0 aliphatic carbocycles. The molecule has 1 aliphatic rings. The van der Waals surface area contributed by atoms with Gasteiger partial charge in [0.15, 0.2) is 0 Å². The lowest BCUT2D eigenvalue weighted by atomic mass is 9.97. The molecule has 0 atom stereocenters. The molecule has 2 N–H and O–H groups in total. The largest absolute Gasteiger partial charge is 0.361 e. The molecule has 4 rings (SSSR count). The van der Waals surface area contributed by atoms with Gasteiger partial charge in [-0.25, -0.2) is 0 Å². The van der Waals surface area contributed by atoms with Gasteiger partial charge in [0.25, 0.3) is 5.91 Å². The lowest BCUT2D eigenvalue weighted by Gasteiger charge is -2.38. The molecule has 1 aliphatic heterocycles. The Labute approximate surface area is 174 Å². The number of hydrogen-bond acceptors (Lipinski definition) is 5. The summed E-state index contributed by atoms with van der Waals surface area (Å²) in [6, 6.07) is 9.75. The normalized spacial score (nSPS) is 13.9. The average Bonchev–Trinajstić information content (AvgIpc) is 3.24. The van der Waals surface area contributed by atoms with Gasteiger partial charge in [-0.2, -0.15) is 5.10 Å². The molecule has 1 aromatic carbocycles. The van der Waals surface area contributed by atoms with Gasteiger partial charge in [0.2, 0.25) is 5.91 Å². The Morgan fingerprint density at radius 1 is 1.20 bits per heavy atom. The second-order valence-corrected chi connectivity index (χ2v) is 7.69. The van der Waals surface area contributed by atoms with Crippen molar-refractivity contribution in [1.82, 2.24) is 25.6 Å². The Kier molecular flexibility index (Phi) is 5.39. The number of amides is 2. The molecule has 30 heavy (non-hydrogen) atoms. The summed E-state index contributed by atoms with van der Waals surface area (Å²) in [7, 11) is 0. The van der Waals surface area contributed by atoms with E-state index in [0.29, 0.717) is 31.7 Å². The fourth-order valence-corrected chi connectivity index (χ4v) is 3.77. The summed E-state index contributed by atoms with van der Waals surface area (Å²) in [6.45, 7) is 6.99. The van der Waals surface area contributed by atoms with Gasteiger partial charge in [0.05, 0.1) is 17.3 Å². The first-order valence-electron chi connectivity index (χ1n) is 10.0. The third-order valence-electron chi connectivity index (χ3n) is 5.67. The molecule has 8 nitrogen and oxygen atoms in total. The van der Waals surface area contributed by atoms with Crippen LogP contribution in [0.5, 0.6) is 0 Å². The van der Waals surface area contributed by atoms with Crippen LogP contribution in [0.15, 0.2) is 34.9 Å². The number of likely N-dealkylation sites (tertiary alicyclic amines) is 1. The highest BCUT2D eigenvalue weighted by molar-refractivity contribution is 5.97. The fraction of sp³-hybridized carbons (Fsp3) is 0.364. The predicted molar refractivity (Wildman–Crippen MR) is 111 cm³/mol. The summed E-state index contributed by atoms with van der Waals surface area (Å²) in [4.78, 5) is 26.9. The van der Waals surface area contributed by atoms with E-state index in [1.807, 2.05) is 51.1 Å². The van der Waals surface area contributed by atoms with E-state index in [1.165, 1.54) is 0 Å². The third kappa shape index (κ3) is 3.72. The maximum atomic E-state index is 12.8. The summed E-state index contributed by atoms with van der Waals surface area (Å²) in [5, 5.41) is 14.1. The first-order valence-corrected chi connectivity index (χ1v) is 10.0. The van der Waals surface area contributed by atoms with Crippen LogP contribution < -0.4 is 5.32 Å². The second-order valence-electron chi connectivity index (χ2n) is 7.69. The Balaban J connectivity index is 1.29. The standard InChI is InChI=1S/C22H25N5O3/c1-13-19(16-7-5-4-6-8-16)24-25-20(13)22(29)27-11-17(12-27)21(28)23-10-9-18-14(2)26-30-15(18)3/h4-8,17H,9-12H2,1-3H3,(H,23,28)(H,24,25). The van der Waals surface area contributed by atoms with Crippen molar-refractivity contribution < 1.29 is 14.1 Å². The average molecular weight is 407 g/mol. The summed E-state index contributed by atoms with van der Waals surface area (Å²) in [5.74, 6) is 0.446. The van der Waals surface area contributed by atoms with Gasteiger partial charge in [0, 0.05) is 36.3 Å². The number of H-pyrrole nitrogens is 1. The van der Waals surface area contributed by atoms with Crippen molar-refractivity contribution in [3.8, 4) is 11.3 Å². The van der Waals surface area contributed by atoms with Crippen molar-refractivity contribution >= 4 is 11.8 Å². The van der Waals surface area contributed by atoms with Gasteiger partial charge in [-0.1, -0.05) is 35.5 Å². The smallest absolute Gasteiger partial charge is 0.272 e. The fourth-order valence-electron chi connectivity index (χ4n) is 3.77. The van der Waals surface area contributed by atoms with E-state index in [-0.39, 0.29) is 17.7 Å². The van der Waals surface area contributed by atoms with Crippen LogP contribution >= 0.6 is 0 Å². The molecule has 3 heterocycles. The SMILES string of the molecule is Cc1noc(C)c1CCNC(=O)C1CN(C(=O)c2[nH]nc(-c3ccccc3)c2C)C1. The Morgan fingerprint density at radius 2 is 1.93 bits per heavy atom. The van der Waals surface area contributed by atoms with E-state index in [1.54, 1.807) is 4.90 Å². The molecule has 1 saturated heterocycles. The van der Waals surface area contributed by atoms with Crippen molar-refractivity contribution in [2.24, 2.45) is 5.92 Å². The monoisotopic (exact) mass is 407 g/mol.